The summed E-state index contributed by atoms with van der Waals surface area (Å²) in [7, 11) is 0. The van der Waals surface area contributed by atoms with E-state index in [1.54, 1.807) is 0 Å². The van der Waals surface area contributed by atoms with Crippen molar-refractivity contribution in [3.8, 4) is 0 Å². The first-order valence-corrected chi connectivity index (χ1v) is 9.21. The first-order chi connectivity index (χ1) is 12.1. The van der Waals surface area contributed by atoms with Crippen molar-refractivity contribution in [3.63, 3.8) is 0 Å². The molecule has 0 radical (unpaired) electrons. The van der Waals surface area contributed by atoms with Gasteiger partial charge in [0.15, 0.2) is 0 Å². The predicted molar refractivity (Wildman–Crippen MR) is 99.3 cm³/mol. The van der Waals surface area contributed by atoms with E-state index in [-0.39, 0.29) is 17.6 Å². The van der Waals surface area contributed by atoms with Crippen LogP contribution in [0.1, 0.15) is 49.4 Å². The molecule has 2 heterocycles. The zero-order valence-corrected chi connectivity index (χ0v) is 15.0. The lowest BCUT2D eigenvalue weighted by molar-refractivity contribution is 0.121. The van der Waals surface area contributed by atoms with Gasteiger partial charge in [-0.2, -0.15) is 0 Å². The Hall–Kier alpha value is -1.92. The van der Waals surface area contributed by atoms with Gasteiger partial charge in [0.1, 0.15) is 0 Å². The van der Waals surface area contributed by atoms with Gasteiger partial charge in [-0.3, -0.25) is 9.36 Å². The summed E-state index contributed by atoms with van der Waals surface area (Å²) >= 11 is 0. The quantitative estimate of drug-likeness (QED) is 0.926. The third-order valence-corrected chi connectivity index (χ3v) is 5.38. The molecular weight excluding hydrogens is 316 g/mol. The first kappa shape index (κ1) is 16.5. The molecule has 25 heavy (non-hydrogen) atoms. The van der Waals surface area contributed by atoms with Gasteiger partial charge >= 0.3 is 0 Å². The Bertz CT molecular complexity index is 849. The van der Waals surface area contributed by atoms with Crippen LogP contribution in [0.15, 0.2) is 16.9 Å². The maximum Gasteiger partial charge on any atom is 0.263 e. The number of ether oxygens (including phenoxy) is 1. The van der Waals surface area contributed by atoms with Gasteiger partial charge in [0, 0.05) is 25.2 Å². The van der Waals surface area contributed by atoms with Crippen LogP contribution in [-0.2, 0) is 4.74 Å². The normalized spacial score (nSPS) is 19.9. The van der Waals surface area contributed by atoms with Crippen molar-refractivity contribution < 1.29 is 4.74 Å². The van der Waals surface area contributed by atoms with E-state index in [1.165, 1.54) is 6.42 Å². The second-order valence-corrected chi connectivity index (χ2v) is 7.31. The molecule has 134 valence electrons. The smallest absolute Gasteiger partial charge is 0.263 e. The van der Waals surface area contributed by atoms with Crippen LogP contribution >= 0.6 is 0 Å². The topological polar surface area (TPSA) is 73.4 Å². The number of anilines is 1. The third kappa shape index (κ3) is 2.83. The van der Waals surface area contributed by atoms with E-state index in [9.17, 15) is 4.79 Å². The fraction of sp³-hybridized carbons (Fsp3) is 0.579. The summed E-state index contributed by atoms with van der Waals surface area (Å²) in [5.74, 6) is 0.788. The van der Waals surface area contributed by atoms with Gasteiger partial charge in [-0.15, -0.1) is 0 Å². The Kier molecular flexibility index (Phi) is 4.25. The Morgan fingerprint density at radius 3 is 2.60 bits per heavy atom. The van der Waals surface area contributed by atoms with Gasteiger partial charge < -0.3 is 15.4 Å². The van der Waals surface area contributed by atoms with Crippen LogP contribution in [0.4, 0.5) is 5.95 Å². The third-order valence-electron chi connectivity index (χ3n) is 5.38. The second kappa shape index (κ2) is 6.42. The molecule has 1 saturated carbocycles. The summed E-state index contributed by atoms with van der Waals surface area (Å²) in [5.41, 5.74) is 9.00. The van der Waals surface area contributed by atoms with Crippen LogP contribution in [0, 0.1) is 6.92 Å². The number of nitrogens with zero attached hydrogens (tertiary/aromatic N) is 3. The SMILES string of the molecule is Cc1cc(C(C)N)c2nc(N3CCOCC3)n(C3CCC3)c(=O)c2c1. The van der Waals surface area contributed by atoms with Crippen molar-refractivity contribution in [1.82, 2.24) is 9.55 Å². The van der Waals surface area contributed by atoms with Crippen molar-refractivity contribution in [2.24, 2.45) is 5.73 Å². The zero-order chi connectivity index (χ0) is 17.6. The Morgan fingerprint density at radius 1 is 1.28 bits per heavy atom. The molecule has 2 aliphatic rings. The first-order valence-electron chi connectivity index (χ1n) is 9.21. The number of benzene rings is 1. The van der Waals surface area contributed by atoms with Gasteiger partial charge in [0.25, 0.3) is 5.56 Å². The van der Waals surface area contributed by atoms with Gasteiger partial charge in [-0.25, -0.2) is 4.98 Å². The molecule has 4 rings (SSSR count). The largest absolute Gasteiger partial charge is 0.378 e. The molecule has 2 aromatic rings. The lowest BCUT2D eigenvalue weighted by atomic mass is 9.92. The fourth-order valence-corrected chi connectivity index (χ4v) is 3.78. The van der Waals surface area contributed by atoms with Crippen molar-refractivity contribution in [2.45, 2.75) is 45.2 Å². The van der Waals surface area contributed by atoms with Crippen molar-refractivity contribution >= 4 is 16.9 Å². The molecule has 1 saturated heterocycles. The summed E-state index contributed by atoms with van der Waals surface area (Å²) in [5, 5.41) is 0.691. The number of rotatable bonds is 3. The number of aryl methyl sites for hydroxylation is 1. The lowest BCUT2D eigenvalue weighted by Crippen LogP contribution is -2.42. The maximum absolute atomic E-state index is 13.4. The van der Waals surface area contributed by atoms with Crippen LogP contribution in [-0.4, -0.2) is 35.9 Å². The molecule has 0 amide bonds. The van der Waals surface area contributed by atoms with Crippen molar-refractivity contribution in [3.05, 3.63) is 33.6 Å². The van der Waals surface area contributed by atoms with E-state index in [2.05, 4.69) is 11.0 Å². The number of aromatic nitrogens is 2. The molecule has 1 aromatic carbocycles. The molecule has 1 atom stereocenters. The minimum Gasteiger partial charge on any atom is -0.378 e. The van der Waals surface area contributed by atoms with Gasteiger partial charge in [-0.1, -0.05) is 6.07 Å². The summed E-state index contributed by atoms with van der Waals surface area (Å²) in [6, 6.07) is 4.11. The van der Waals surface area contributed by atoms with Crippen molar-refractivity contribution in [1.29, 1.82) is 0 Å². The number of hydrogen-bond donors (Lipinski definition) is 1. The molecule has 2 fully saturated rings. The molecule has 1 unspecified atom stereocenters. The zero-order valence-electron chi connectivity index (χ0n) is 15.0. The van der Waals surface area contributed by atoms with Gasteiger partial charge in [0.05, 0.1) is 24.1 Å². The Morgan fingerprint density at radius 2 is 2.00 bits per heavy atom. The number of morpholine rings is 1. The van der Waals surface area contributed by atoms with E-state index >= 15 is 0 Å². The van der Waals surface area contributed by atoms with E-state index in [1.807, 2.05) is 24.5 Å². The van der Waals surface area contributed by atoms with Crippen molar-refractivity contribution in [2.75, 3.05) is 31.2 Å². The van der Waals surface area contributed by atoms with Crippen LogP contribution in [0.25, 0.3) is 10.9 Å². The highest BCUT2D eigenvalue weighted by molar-refractivity contribution is 5.83. The highest BCUT2D eigenvalue weighted by Crippen LogP contribution is 2.34. The van der Waals surface area contributed by atoms with Crippen LogP contribution < -0.4 is 16.2 Å². The van der Waals surface area contributed by atoms with Crippen LogP contribution in [0.3, 0.4) is 0 Å². The fourth-order valence-electron chi connectivity index (χ4n) is 3.78. The summed E-state index contributed by atoms with van der Waals surface area (Å²) in [4.78, 5) is 20.5. The van der Waals surface area contributed by atoms with Crippen LogP contribution in [0.5, 0.6) is 0 Å². The van der Waals surface area contributed by atoms with E-state index in [0.29, 0.717) is 18.6 Å². The van der Waals surface area contributed by atoms with Gasteiger partial charge in [-0.05, 0) is 50.3 Å². The molecule has 2 N–H and O–H groups in total. The van der Waals surface area contributed by atoms with Crippen LogP contribution in [0.2, 0.25) is 0 Å². The molecular formula is C19H26N4O2. The molecule has 1 aliphatic heterocycles. The summed E-state index contributed by atoms with van der Waals surface area (Å²) in [6.45, 7) is 6.84. The molecule has 6 heteroatoms. The minimum atomic E-state index is -0.161. The minimum absolute atomic E-state index is 0.0711. The highest BCUT2D eigenvalue weighted by atomic mass is 16.5. The summed E-state index contributed by atoms with van der Waals surface area (Å²) < 4.78 is 7.41. The molecule has 6 nitrogen and oxygen atoms in total. The second-order valence-electron chi connectivity index (χ2n) is 7.31. The number of hydrogen-bond acceptors (Lipinski definition) is 5. The molecule has 1 aromatic heterocycles. The average Bonchev–Trinajstić information content (AvgIpc) is 2.56. The molecule has 1 aliphatic carbocycles. The Balaban J connectivity index is 1.99. The monoisotopic (exact) mass is 342 g/mol. The number of nitrogens with two attached hydrogens (primary N) is 1. The molecule has 0 bridgehead atoms. The Labute approximate surface area is 147 Å². The maximum atomic E-state index is 13.4. The van der Waals surface area contributed by atoms with E-state index in [0.717, 1.165) is 48.5 Å². The predicted octanol–water partition coefficient (Wildman–Crippen LogP) is 2.29. The standard InChI is InChI=1S/C19H26N4O2/c1-12-10-15(13(2)20)17-16(11-12)18(24)23(14-4-3-5-14)19(21-17)22-6-8-25-9-7-22/h10-11,13-14H,3-9,20H2,1-2H3. The van der Waals surface area contributed by atoms with Gasteiger partial charge in [0.2, 0.25) is 5.95 Å². The molecule has 0 spiro atoms. The highest BCUT2D eigenvalue weighted by Gasteiger charge is 2.28. The lowest BCUT2D eigenvalue weighted by Gasteiger charge is -2.35. The number of fused-ring (bicyclic) bond motifs is 1. The summed E-state index contributed by atoms with van der Waals surface area (Å²) in [6.07, 6.45) is 3.28. The average molecular weight is 342 g/mol. The van der Waals surface area contributed by atoms with E-state index < -0.39 is 0 Å². The van der Waals surface area contributed by atoms with E-state index in [4.69, 9.17) is 15.5 Å².